The third-order valence-electron chi connectivity index (χ3n) is 1.55. The van der Waals surface area contributed by atoms with Crippen LogP contribution in [-0.4, -0.2) is 49.3 Å². The maximum Gasteiger partial charge on any atom is 0.191 e. The molecule has 0 aromatic rings. The van der Waals surface area contributed by atoms with Gasteiger partial charge in [-0.25, -0.2) is 0 Å². The number of hydrogen-bond acceptors (Lipinski definition) is 3. The van der Waals surface area contributed by atoms with Gasteiger partial charge in [-0.3, -0.25) is 0 Å². The monoisotopic (exact) mass is 161 g/mol. The van der Waals surface area contributed by atoms with Gasteiger partial charge in [-0.1, -0.05) is 0 Å². The highest BCUT2D eigenvalue weighted by Crippen LogP contribution is 2.04. The molecule has 0 aromatic heterocycles. The van der Waals surface area contributed by atoms with Crippen molar-refractivity contribution in [1.82, 2.24) is 0 Å². The molecule has 0 unspecified atom stereocenters. The van der Waals surface area contributed by atoms with Crippen molar-refractivity contribution in [3.05, 3.63) is 0 Å². The first-order chi connectivity index (χ1) is 4.88. The number of nitrogens with two attached hydrogens (primary N) is 1. The van der Waals surface area contributed by atoms with Gasteiger partial charge in [0.05, 0.1) is 27.2 Å². The fourth-order valence-corrected chi connectivity index (χ4v) is 0.615. The molecule has 0 amide bonds. The molecule has 4 nitrogen and oxygen atoms in total. The number of carbonyl (C=O) groups is 1. The van der Waals surface area contributed by atoms with E-state index in [1.807, 2.05) is 21.1 Å². The van der Waals surface area contributed by atoms with Gasteiger partial charge in [0.25, 0.3) is 0 Å². The summed E-state index contributed by atoms with van der Waals surface area (Å²) in [6.07, 6.45) is 0.390. The number of nitrogens with zero attached hydrogens (tertiary/aromatic N) is 1. The summed E-state index contributed by atoms with van der Waals surface area (Å²) in [5, 5.41) is 9.42. The summed E-state index contributed by atoms with van der Waals surface area (Å²) in [6.45, 7) is 0. The number of aliphatic hydroxyl groups excluding tert-OH is 1. The summed E-state index contributed by atoms with van der Waals surface area (Å²) in [5.74, 6) is 0. The van der Waals surface area contributed by atoms with Gasteiger partial charge in [0.15, 0.2) is 6.23 Å². The van der Waals surface area contributed by atoms with E-state index in [0.29, 0.717) is 17.2 Å². The van der Waals surface area contributed by atoms with Gasteiger partial charge in [0.1, 0.15) is 6.29 Å². The molecule has 0 saturated carbocycles. The molecule has 0 rings (SSSR count). The van der Waals surface area contributed by atoms with Crippen molar-refractivity contribution in [2.75, 3.05) is 21.1 Å². The average Bonchev–Trinajstić information content (AvgIpc) is 1.85. The van der Waals surface area contributed by atoms with Crippen LogP contribution in [0.2, 0.25) is 0 Å². The maximum atomic E-state index is 10.1. The lowest BCUT2D eigenvalue weighted by Crippen LogP contribution is -2.48. The summed E-state index contributed by atoms with van der Waals surface area (Å²) in [5.41, 5.74) is 5.33. The Hall–Kier alpha value is -0.450. The Balaban J connectivity index is 3.87. The Bertz CT molecular complexity index is 131. The quantitative estimate of drug-likeness (QED) is 0.313. The predicted octanol–water partition coefficient (Wildman–Crippen LogP) is -1.07. The Morgan fingerprint density at radius 3 is 2.27 bits per heavy atom. The molecule has 0 fully saturated rings. The fourth-order valence-electron chi connectivity index (χ4n) is 0.615. The van der Waals surface area contributed by atoms with Crippen LogP contribution in [-0.2, 0) is 4.79 Å². The molecule has 11 heavy (non-hydrogen) atoms. The topological polar surface area (TPSA) is 63.3 Å². The minimum Gasteiger partial charge on any atom is -0.345 e. The number of carbonyl (C=O) groups excluding carboxylic acids is 1. The zero-order chi connectivity index (χ0) is 9.07. The standard InChI is InChI=1S/C7H17N2O2/c1-9(2,3)7(11)4-6(8)5-10/h5-7,11H,4,8H2,1-3H3/q+1/t6-,7-/m1/s1. The number of hydrogen-bond donors (Lipinski definition) is 2. The zero-order valence-corrected chi connectivity index (χ0v) is 7.32. The van der Waals surface area contributed by atoms with Crippen molar-refractivity contribution >= 4 is 6.29 Å². The highest BCUT2D eigenvalue weighted by atomic mass is 16.3. The average molecular weight is 161 g/mol. The van der Waals surface area contributed by atoms with Crippen LogP contribution in [0.4, 0.5) is 0 Å². The first-order valence-corrected chi connectivity index (χ1v) is 3.58. The predicted molar refractivity (Wildman–Crippen MR) is 42.7 cm³/mol. The van der Waals surface area contributed by atoms with E-state index in [4.69, 9.17) is 5.73 Å². The molecule has 0 radical (unpaired) electrons. The van der Waals surface area contributed by atoms with Crippen molar-refractivity contribution in [2.45, 2.75) is 18.7 Å². The van der Waals surface area contributed by atoms with E-state index in [2.05, 4.69) is 0 Å². The second-order valence-electron chi connectivity index (χ2n) is 3.63. The SMILES string of the molecule is C[N+](C)(C)[C@H](O)C[C@@H](N)C=O. The van der Waals surface area contributed by atoms with E-state index < -0.39 is 12.3 Å². The van der Waals surface area contributed by atoms with Crippen molar-refractivity contribution < 1.29 is 14.4 Å². The third-order valence-corrected chi connectivity index (χ3v) is 1.55. The molecule has 66 valence electrons. The van der Waals surface area contributed by atoms with Crippen molar-refractivity contribution in [1.29, 1.82) is 0 Å². The Morgan fingerprint density at radius 1 is 1.55 bits per heavy atom. The Labute approximate surface area is 67.2 Å². The van der Waals surface area contributed by atoms with E-state index in [1.165, 1.54) is 0 Å². The second-order valence-corrected chi connectivity index (χ2v) is 3.63. The number of rotatable bonds is 4. The van der Waals surface area contributed by atoms with Gasteiger partial charge in [0, 0.05) is 6.42 Å². The highest BCUT2D eigenvalue weighted by molar-refractivity contribution is 5.56. The molecule has 0 bridgehead atoms. The minimum atomic E-state index is -0.574. The van der Waals surface area contributed by atoms with Crippen molar-refractivity contribution in [2.24, 2.45) is 5.73 Å². The molecular formula is C7H17N2O2+. The largest absolute Gasteiger partial charge is 0.345 e. The Kier molecular flexibility index (Phi) is 3.65. The van der Waals surface area contributed by atoms with E-state index >= 15 is 0 Å². The third kappa shape index (κ3) is 4.08. The van der Waals surface area contributed by atoms with E-state index in [-0.39, 0.29) is 0 Å². The fraction of sp³-hybridized carbons (Fsp3) is 0.857. The number of quaternary nitrogens is 1. The molecule has 0 aliphatic rings. The molecule has 4 heteroatoms. The molecule has 0 aromatic carbocycles. The van der Waals surface area contributed by atoms with Crippen molar-refractivity contribution in [3.8, 4) is 0 Å². The lowest BCUT2D eigenvalue weighted by atomic mass is 10.2. The molecule has 0 heterocycles. The van der Waals surface area contributed by atoms with Crippen LogP contribution in [0, 0.1) is 0 Å². The smallest absolute Gasteiger partial charge is 0.191 e. The zero-order valence-electron chi connectivity index (χ0n) is 7.32. The summed E-state index contributed by atoms with van der Waals surface area (Å²) in [4.78, 5) is 10.1. The molecule has 2 atom stereocenters. The van der Waals surface area contributed by atoms with E-state index in [0.717, 1.165) is 0 Å². The minimum absolute atomic E-state index is 0.312. The highest BCUT2D eigenvalue weighted by Gasteiger charge is 2.22. The van der Waals surface area contributed by atoms with Gasteiger partial charge in [-0.2, -0.15) is 0 Å². The molecule has 3 N–H and O–H groups in total. The first-order valence-electron chi connectivity index (χ1n) is 3.58. The molecular weight excluding hydrogens is 144 g/mol. The summed E-state index contributed by atoms with van der Waals surface area (Å²) in [6, 6.07) is -0.553. The van der Waals surface area contributed by atoms with Crippen LogP contribution in [0.5, 0.6) is 0 Å². The Morgan fingerprint density at radius 2 is 2.00 bits per heavy atom. The van der Waals surface area contributed by atoms with Crippen molar-refractivity contribution in [3.63, 3.8) is 0 Å². The van der Waals surface area contributed by atoms with Gasteiger partial charge < -0.3 is 20.1 Å². The van der Waals surface area contributed by atoms with Crippen LogP contribution in [0.15, 0.2) is 0 Å². The van der Waals surface area contributed by atoms with Crippen LogP contribution in [0.25, 0.3) is 0 Å². The molecule has 0 aliphatic carbocycles. The van der Waals surface area contributed by atoms with E-state index in [1.54, 1.807) is 0 Å². The summed E-state index contributed by atoms with van der Waals surface area (Å²) in [7, 11) is 5.55. The van der Waals surface area contributed by atoms with Crippen LogP contribution < -0.4 is 5.73 Å². The molecule has 0 spiro atoms. The van der Waals surface area contributed by atoms with Gasteiger partial charge in [0.2, 0.25) is 0 Å². The maximum absolute atomic E-state index is 10.1. The number of aliphatic hydroxyl groups is 1. The molecule has 0 aliphatic heterocycles. The second kappa shape index (κ2) is 3.80. The summed E-state index contributed by atoms with van der Waals surface area (Å²) >= 11 is 0. The first kappa shape index (κ1) is 10.6. The lowest BCUT2D eigenvalue weighted by molar-refractivity contribution is -0.919. The van der Waals surface area contributed by atoms with Gasteiger partial charge in [-0.15, -0.1) is 0 Å². The number of aldehydes is 1. The lowest BCUT2D eigenvalue weighted by Gasteiger charge is -2.30. The van der Waals surface area contributed by atoms with Gasteiger partial charge >= 0.3 is 0 Å². The van der Waals surface area contributed by atoms with Crippen LogP contribution in [0.3, 0.4) is 0 Å². The molecule has 0 saturated heterocycles. The van der Waals surface area contributed by atoms with Crippen LogP contribution in [0.1, 0.15) is 6.42 Å². The van der Waals surface area contributed by atoms with Crippen LogP contribution >= 0.6 is 0 Å². The van der Waals surface area contributed by atoms with Gasteiger partial charge in [-0.05, 0) is 0 Å². The summed E-state index contributed by atoms with van der Waals surface area (Å²) < 4.78 is 0.404. The normalized spacial score (nSPS) is 17.5. The van der Waals surface area contributed by atoms with E-state index in [9.17, 15) is 9.90 Å².